The van der Waals surface area contributed by atoms with Gasteiger partial charge in [0.1, 0.15) is 12.7 Å². The number of carbonyl (C=O) groups is 1. The molecule has 1 N–H and O–H groups in total. The van der Waals surface area contributed by atoms with E-state index in [0.29, 0.717) is 12.5 Å². The normalized spacial score (nSPS) is 10.2. The molecule has 0 bridgehead atoms. The van der Waals surface area contributed by atoms with Gasteiger partial charge >= 0.3 is 6.03 Å². The van der Waals surface area contributed by atoms with Crippen LogP contribution in [0.3, 0.4) is 0 Å². The molecule has 5 nitrogen and oxygen atoms in total. The Morgan fingerprint density at radius 3 is 2.92 bits per heavy atom. The predicted octanol–water partition coefficient (Wildman–Crippen LogP) is 0.492. The summed E-state index contributed by atoms with van der Waals surface area (Å²) in [7, 11) is 0. The van der Waals surface area contributed by atoms with Crippen LogP contribution in [0.25, 0.3) is 0 Å². The topological polar surface area (TPSA) is 59.8 Å². The maximum atomic E-state index is 11.2. The largest absolute Gasteiger partial charge is 0.343 e. The summed E-state index contributed by atoms with van der Waals surface area (Å²) >= 11 is 0. The van der Waals surface area contributed by atoms with E-state index in [0.717, 1.165) is 0 Å². The van der Waals surface area contributed by atoms with Crippen molar-refractivity contribution >= 4 is 6.03 Å². The highest BCUT2D eigenvalue weighted by molar-refractivity contribution is 5.75. The van der Waals surface area contributed by atoms with Crippen LogP contribution < -0.4 is 5.32 Å². The van der Waals surface area contributed by atoms with Gasteiger partial charge in [-0.05, 0) is 5.92 Å². The molecule has 0 aliphatic heterocycles. The first kappa shape index (κ1) is 8.70. The molecule has 1 rings (SSSR count). The molecule has 0 aliphatic carbocycles. The molecule has 0 saturated heterocycles. The highest BCUT2D eigenvalue weighted by Crippen LogP contribution is 1.87. The Labute approximate surface area is 70.8 Å². The molecule has 0 spiro atoms. The number of rotatable bonds is 2. The van der Waals surface area contributed by atoms with E-state index in [4.69, 9.17) is 0 Å². The number of amides is 1. The molecule has 0 unspecified atom stereocenters. The SMILES string of the molecule is CC(C)CNC(=O)n1cncn1. The molecule has 66 valence electrons. The molecule has 1 aromatic rings. The van der Waals surface area contributed by atoms with Crippen LogP contribution in [0, 0.1) is 5.92 Å². The average Bonchev–Trinajstić information content (AvgIpc) is 2.51. The average molecular weight is 168 g/mol. The standard InChI is InChI=1S/C7H12N4O/c1-6(2)3-9-7(12)11-5-8-4-10-11/h4-6H,3H2,1-2H3,(H,9,12). The summed E-state index contributed by atoms with van der Waals surface area (Å²) in [4.78, 5) is 14.8. The lowest BCUT2D eigenvalue weighted by Gasteiger charge is -2.05. The summed E-state index contributed by atoms with van der Waals surface area (Å²) < 4.78 is 1.17. The third-order valence-corrected chi connectivity index (χ3v) is 1.29. The molecule has 0 aromatic carbocycles. The molecular weight excluding hydrogens is 156 g/mol. The Hall–Kier alpha value is -1.39. The maximum Gasteiger partial charge on any atom is 0.343 e. The smallest absolute Gasteiger partial charge is 0.336 e. The van der Waals surface area contributed by atoms with Crippen molar-refractivity contribution < 1.29 is 4.79 Å². The van der Waals surface area contributed by atoms with Gasteiger partial charge in [-0.25, -0.2) is 9.78 Å². The number of carbonyl (C=O) groups excluding carboxylic acids is 1. The Balaban J connectivity index is 2.40. The second-order valence-corrected chi connectivity index (χ2v) is 2.92. The molecule has 0 aliphatic rings. The van der Waals surface area contributed by atoms with Gasteiger partial charge in [0.15, 0.2) is 0 Å². The summed E-state index contributed by atoms with van der Waals surface area (Å²) in [5.74, 6) is 0.442. The van der Waals surface area contributed by atoms with Gasteiger partial charge in [0, 0.05) is 6.54 Å². The van der Waals surface area contributed by atoms with E-state index in [2.05, 4.69) is 15.4 Å². The van der Waals surface area contributed by atoms with E-state index in [1.54, 1.807) is 0 Å². The molecule has 0 atom stereocenters. The van der Waals surface area contributed by atoms with Crippen LogP contribution in [-0.2, 0) is 0 Å². The zero-order valence-electron chi connectivity index (χ0n) is 7.19. The Morgan fingerprint density at radius 2 is 2.42 bits per heavy atom. The molecule has 12 heavy (non-hydrogen) atoms. The fourth-order valence-corrected chi connectivity index (χ4v) is 0.686. The molecule has 1 aromatic heterocycles. The van der Waals surface area contributed by atoms with Crippen molar-refractivity contribution in [1.82, 2.24) is 20.1 Å². The van der Waals surface area contributed by atoms with Gasteiger partial charge in [0.25, 0.3) is 0 Å². The molecule has 1 amide bonds. The van der Waals surface area contributed by atoms with Crippen molar-refractivity contribution in [2.75, 3.05) is 6.54 Å². The van der Waals surface area contributed by atoms with Crippen LogP contribution in [0.1, 0.15) is 13.8 Å². The summed E-state index contributed by atoms with van der Waals surface area (Å²) in [6.07, 6.45) is 2.70. The van der Waals surface area contributed by atoms with E-state index >= 15 is 0 Å². The van der Waals surface area contributed by atoms with Gasteiger partial charge in [-0.2, -0.15) is 9.78 Å². The maximum absolute atomic E-state index is 11.2. The molecule has 1 heterocycles. The minimum absolute atomic E-state index is 0.235. The van der Waals surface area contributed by atoms with E-state index in [1.165, 1.54) is 17.3 Å². The van der Waals surface area contributed by atoms with Crippen LogP contribution in [0.2, 0.25) is 0 Å². The number of hydrogen-bond acceptors (Lipinski definition) is 3. The van der Waals surface area contributed by atoms with Crippen molar-refractivity contribution in [2.45, 2.75) is 13.8 Å². The molecule has 0 fully saturated rings. The minimum Gasteiger partial charge on any atom is -0.336 e. The second-order valence-electron chi connectivity index (χ2n) is 2.92. The van der Waals surface area contributed by atoms with Crippen LogP contribution >= 0.6 is 0 Å². The first-order valence-electron chi connectivity index (χ1n) is 3.83. The zero-order chi connectivity index (χ0) is 8.97. The van der Waals surface area contributed by atoms with Crippen molar-refractivity contribution in [1.29, 1.82) is 0 Å². The Kier molecular flexibility index (Phi) is 2.79. The van der Waals surface area contributed by atoms with E-state index in [1.807, 2.05) is 13.8 Å². The molecular formula is C7H12N4O. The number of nitrogens with zero attached hydrogens (tertiary/aromatic N) is 3. The van der Waals surface area contributed by atoms with Gasteiger partial charge < -0.3 is 5.32 Å². The fourth-order valence-electron chi connectivity index (χ4n) is 0.686. The van der Waals surface area contributed by atoms with Crippen LogP contribution in [0.4, 0.5) is 4.79 Å². The summed E-state index contributed by atoms with van der Waals surface area (Å²) in [5.41, 5.74) is 0. The van der Waals surface area contributed by atoms with Gasteiger partial charge in [0.05, 0.1) is 0 Å². The predicted molar refractivity (Wildman–Crippen MR) is 43.7 cm³/mol. The lowest BCUT2D eigenvalue weighted by Crippen LogP contribution is -2.31. The summed E-state index contributed by atoms with van der Waals surface area (Å²) in [6.45, 7) is 4.71. The van der Waals surface area contributed by atoms with Crippen LogP contribution in [0.15, 0.2) is 12.7 Å². The number of nitrogens with one attached hydrogen (secondary N) is 1. The van der Waals surface area contributed by atoms with Crippen LogP contribution in [0.5, 0.6) is 0 Å². The van der Waals surface area contributed by atoms with Gasteiger partial charge in [-0.1, -0.05) is 13.8 Å². The van der Waals surface area contributed by atoms with Gasteiger partial charge in [-0.15, -0.1) is 0 Å². The minimum atomic E-state index is -0.235. The van der Waals surface area contributed by atoms with E-state index in [-0.39, 0.29) is 6.03 Å². The van der Waals surface area contributed by atoms with Gasteiger partial charge in [0.2, 0.25) is 0 Å². The molecule has 0 radical (unpaired) electrons. The number of aromatic nitrogens is 3. The highest BCUT2D eigenvalue weighted by Gasteiger charge is 2.03. The monoisotopic (exact) mass is 168 g/mol. The quantitative estimate of drug-likeness (QED) is 0.699. The second kappa shape index (κ2) is 3.85. The van der Waals surface area contributed by atoms with E-state index in [9.17, 15) is 4.79 Å². The Morgan fingerprint density at radius 1 is 1.67 bits per heavy atom. The van der Waals surface area contributed by atoms with Crippen molar-refractivity contribution in [3.63, 3.8) is 0 Å². The van der Waals surface area contributed by atoms with Crippen molar-refractivity contribution in [3.8, 4) is 0 Å². The summed E-state index contributed by atoms with van der Waals surface area (Å²) in [6, 6.07) is -0.235. The highest BCUT2D eigenvalue weighted by atomic mass is 16.2. The summed E-state index contributed by atoms with van der Waals surface area (Å²) in [5, 5.41) is 6.39. The third kappa shape index (κ3) is 2.34. The zero-order valence-corrected chi connectivity index (χ0v) is 7.19. The number of hydrogen-bond donors (Lipinski definition) is 1. The lowest BCUT2D eigenvalue weighted by atomic mass is 10.2. The van der Waals surface area contributed by atoms with E-state index < -0.39 is 0 Å². The first-order chi connectivity index (χ1) is 5.70. The van der Waals surface area contributed by atoms with Crippen LogP contribution in [-0.4, -0.2) is 27.3 Å². The van der Waals surface area contributed by atoms with Crippen molar-refractivity contribution in [2.24, 2.45) is 5.92 Å². The molecule has 5 heteroatoms. The Bertz CT molecular complexity index is 242. The first-order valence-corrected chi connectivity index (χ1v) is 3.83. The molecule has 0 saturated carbocycles. The van der Waals surface area contributed by atoms with Crippen molar-refractivity contribution in [3.05, 3.63) is 12.7 Å². The lowest BCUT2D eigenvalue weighted by molar-refractivity contribution is 0.238. The fraction of sp³-hybridized carbons (Fsp3) is 0.571. The third-order valence-electron chi connectivity index (χ3n) is 1.29. The van der Waals surface area contributed by atoms with Gasteiger partial charge in [-0.3, -0.25) is 0 Å².